The van der Waals surface area contributed by atoms with Gasteiger partial charge in [0.2, 0.25) is 0 Å². The van der Waals surface area contributed by atoms with Crippen molar-refractivity contribution in [3.8, 4) is 22.3 Å². The zero-order valence-electron chi connectivity index (χ0n) is 30.4. The minimum Gasteiger partial charge on any atom is -0.456 e. The van der Waals surface area contributed by atoms with Gasteiger partial charge in [0.15, 0.2) is 0 Å². The molecule has 3 nitrogen and oxygen atoms in total. The average molecular weight is 697 g/mol. The van der Waals surface area contributed by atoms with Gasteiger partial charge in [0.25, 0.3) is 0 Å². The molecule has 0 bridgehead atoms. The average Bonchev–Trinajstić information content (AvgIpc) is 3.71. The second-order valence-electron chi connectivity index (χ2n) is 15.1. The predicted octanol–water partition coefficient (Wildman–Crippen LogP) is 12.7. The smallest absolute Gasteiger partial charge is 0.136 e. The fourth-order valence-electron chi connectivity index (χ4n) is 8.72. The summed E-state index contributed by atoms with van der Waals surface area (Å²) in [4.78, 5) is 0. The molecule has 10 rings (SSSR count). The highest BCUT2D eigenvalue weighted by atomic mass is 16.3. The second kappa shape index (κ2) is 12.6. The highest BCUT2D eigenvalue weighted by Gasteiger charge is 2.37. The number of furan rings is 1. The third-order valence-electron chi connectivity index (χ3n) is 11.5. The monoisotopic (exact) mass is 696 g/mol. The molecule has 260 valence electrons. The van der Waals surface area contributed by atoms with Gasteiger partial charge in [-0.25, -0.2) is 0 Å². The van der Waals surface area contributed by atoms with Gasteiger partial charge < -0.3 is 15.5 Å². The van der Waals surface area contributed by atoms with Crippen LogP contribution in [0, 0.1) is 0 Å². The lowest BCUT2D eigenvalue weighted by molar-refractivity contribution is 0.659. The molecular weight excluding hydrogens is 657 g/mol. The standard InChI is InChI=1S/C51H40N2O/c1-51(2)42-20-10-19-40(47(42)41-30-36-15-6-7-16-37(36)31-43(41)51)44(53-50(52)35-13-4-3-5-14-35)28-24-32-22-25-34(26-23-32)39-18-11-21-45-48(39)49-38-17-9-8-12-33(38)27-29-46(49)54-45/h3-23,25-31,50,53H,24,52H2,1-2H3/b44-28-. The molecule has 1 aliphatic carbocycles. The molecule has 0 fully saturated rings. The van der Waals surface area contributed by atoms with Crippen LogP contribution in [0.15, 0.2) is 174 Å². The van der Waals surface area contributed by atoms with E-state index >= 15 is 0 Å². The van der Waals surface area contributed by atoms with Crippen molar-refractivity contribution in [2.24, 2.45) is 5.73 Å². The Morgan fingerprint density at radius 3 is 2.15 bits per heavy atom. The van der Waals surface area contributed by atoms with Gasteiger partial charge in [0.05, 0.1) is 0 Å². The SMILES string of the molecule is CC1(C)c2cc3ccccc3cc2-c2c(/C(=C/Cc3ccc(-c4cccc5oc6ccc7ccccc7c6c45)cc3)NC(N)c3ccccc3)cccc21. The molecule has 1 heterocycles. The minimum absolute atomic E-state index is 0.136. The normalized spacial score (nSPS) is 14.1. The molecule has 0 spiro atoms. The molecule has 1 aromatic heterocycles. The summed E-state index contributed by atoms with van der Waals surface area (Å²) in [5.74, 6) is 0. The van der Waals surface area contributed by atoms with Crippen LogP contribution in [0.2, 0.25) is 0 Å². The van der Waals surface area contributed by atoms with Gasteiger partial charge in [-0.05, 0) is 96.7 Å². The lowest BCUT2D eigenvalue weighted by atomic mass is 9.81. The maximum Gasteiger partial charge on any atom is 0.136 e. The van der Waals surface area contributed by atoms with E-state index in [-0.39, 0.29) is 11.6 Å². The van der Waals surface area contributed by atoms with Crippen molar-refractivity contribution in [2.45, 2.75) is 31.8 Å². The van der Waals surface area contributed by atoms with Crippen LogP contribution in [0.5, 0.6) is 0 Å². The van der Waals surface area contributed by atoms with Crippen molar-refractivity contribution < 1.29 is 4.42 Å². The number of nitrogens with one attached hydrogen (secondary N) is 1. The quantitative estimate of drug-likeness (QED) is 0.163. The Labute approximate surface area is 315 Å². The number of allylic oxidation sites excluding steroid dienone is 1. The summed E-state index contributed by atoms with van der Waals surface area (Å²) >= 11 is 0. The van der Waals surface area contributed by atoms with Crippen LogP contribution in [-0.2, 0) is 11.8 Å². The third kappa shape index (κ3) is 5.23. The van der Waals surface area contributed by atoms with E-state index in [2.05, 4.69) is 171 Å². The van der Waals surface area contributed by atoms with E-state index in [1.807, 2.05) is 18.2 Å². The van der Waals surface area contributed by atoms with Gasteiger partial charge in [0.1, 0.15) is 17.3 Å². The summed E-state index contributed by atoms with van der Waals surface area (Å²) in [6.07, 6.45) is 2.68. The highest BCUT2D eigenvalue weighted by molar-refractivity contribution is 6.22. The van der Waals surface area contributed by atoms with Crippen LogP contribution >= 0.6 is 0 Å². The zero-order chi connectivity index (χ0) is 36.4. The largest absolute Gasteiger partial charge is 0.456 e. The van der Waals surface area contributed by atoms with E-state index in [0.29, 0.717) is 0 Å². The minimum atomic E-state index is -0.373. The van der Waals surface area contributed by atoms with Gasteiger partial charge in [-0.3, -0.25) is 0 Å². The summed E-state index contributed by atoms with van der Waals surface area (Å²) in [7, 11) is 0. The van der Waals surface area contributed by atoms with Crippen molar-refractivity contribution in [1.82, 2.24) is 5.32 Å². The first-order valence-corrected chi connectivity index (χ1v) is 18.8. The molecule has 9 aromatic rings. The third-order valence-corrected chi connectivity index (χ3v) is 11.5. The van der Waals surface area contributed by atoms with E-state index < -0.39 is 0 Å². The summed E-state index contributed by atoms with van der Waals surface area (Å²) in [5.41, 5.74) is 20.7. The summed E-state index contributed by atoms with van der Waals surface area (Å²) in [5, 5.41) is 11.0. The number of hydrogen-bond donors (Lipinski definition) is 2. The molecule has 1 unspecified atom stereocenters. The molecule has 1 atom stereocenters. The number of benzene rings is 8. The molecule has 0 aliphatic heterocycles. The maximum absolute atomic E-state index is 6.91. The van der Waals surface area contributed by atoms with Gasteiger partial charge in [-0.1, -0.05) is 159 Å². The number of nitrogens with two attached hydrogens (primary N) is 1. The van der Waals surface area contributed by atoms with Crippen LogP contribution < -0.4 is 11.1 Å². The molecular formula is C51H40N2O. The van der Waals surface area contributed by atoms with E-state index in [4.69, 9.17) is 10.2 Å². The summed E-state index contributed by atoms with van der Waals surface area (Å²) < 4.78 is 6.38. The first-order valence-electron chi connectivity index (χ1n) is 18.8. The summed E-state index contributed by atoms with van der Waals surface area (Å²) in [6.45, 7) is 4.69. The Morgan fingerprint density at radius 1 is 0.630 bits per heavy atom. The molecule has 54 heavy (non-hydrogen) atoms. The van der Waals surface area contributed by atoms with E-state index in [0.717, 1.165) is 34.2 Å². The van der Waals surface area contributed by atoms with Crippen LogP contribution in [0.1, 0.15) is 47.8 Å². The van der Waals surface area contributed by atoms with Gasteiger partial charge in [0, 0.05) is 27.4 Å². The van der Waals surface area contributed by atoms with Crippen LogP contribution in [-0.4, -0.2) is 0 Å². The van der Waals surface area contributed by atoms with Crippen LogP contribution in [0.25, 0.3) is 71.4 Å². The number of fused-ring (bicyclic) bond motifs is 9. The molecule has 0 amide bonds. The van der Waals surface area contributed by atoms with Crippen LogP contribution in [0.3, 0.4) is 0 Å². The van der Waals surface area contributed by atoms with Crippen molar-refractivity contribution in [3.05, 3.63) is 198 Å². The molecule has 3 heteroatoms. The van der Waals surface area contributed by atoms with Crippen LogP contribution in [0.4, 0.5) is 0 Å². The molecule has 3 N–H and O–H groups in total. The first-order chi connectivity index (χ1) is 26.4. The number of hydrogen-bond acceptors (Lipinski definition) is 3. The van der Waals surface area contributed by atoms with E-state index in [1.165, 1.54) is 71.4 Å². The highest BCUT2D eigenvalue weighted by Crippen LogP contribution is 2.52. The lowest BCUT2D eigenvalue weighted by Crippen LogP contribution is -2.28. The Balaban J connectivity index is 1.06. The number of rotatable bonds is 7. The zero-order valence-corrected chi connectivity index (χ0v) is 30.4. The predicted molar refractivity (Wildman–Crippen MR) is 226 cm³/mol. The Bertz CT molecular complexity index is 2910. The van der Waals surface area contributed by atoms with Gasteiger partial charge in [-0.2, -0.15) is 0 Å². The first kappa shape index (κ1) is 32.2. The maximum atomic E-state index is 6.91. The van der Waals surface area contributed by atoms with Gasteiger partial charge in [-0.15, -0.1) is 0 Å². The molecule has 8 aromatic carbocycles. The fraction of sp³-hybridized carbons (Fsp3) is 0.0980. The Morgan fingerprint density at radius 2 is 1.33 bits per heavy atom. The topological polar surface area (TPSA) is 51.2 Å². The van der Waals surface area contributed by atoms with E-state index in [9.17, 15) is 0 Å². The van der Waals surface area contributed by atoms with Crippen molar-refractivity contribution in [3.63, 3.8) is 0 Å². The molecule has 0 radical (unpaired) electrons. The molecule has 1 aliphatic rings. The fourth-order valence-corrected chi connectivity index (χ4v) is 8.72. The molecule has 0 saturated heterocycles. The Hall–Kier alpha value is -6.42. The van der Waals surface area contributed by atoms with Crippen molar-refractivity contribution >= 4 is 49.2 Å². The van der Waals surface area contributed by atoms with Gasteiger partial charge >= 0.3 is 0 Å². The Kier molecular flexibility index (Phi) is 7.53. The second-order valence-corrected chi connectivity index (χ2v) is 15.1. The summed E-state index contributed by atoms with van der Waals surface area (Å²) in [6, 6.07) is 58.6. The van der Waals surface area contributed by atoms with Crippen molar-refractivity contribution in [1.29, 1.82) is 0 Å². The van der Waals surface area contributed by atoms with Crippen molar-refractivity contribution in [2.75, 3.05) is 0 Å². The van der Waals surface area contributed by atoms with E-state index in [1.54, 1.807) is 0 Å². The molecule has 0 saturated carbocycles. The lowest BCUT2D eigenvalue weighted by Gasteiger charge is -2.23.